The van der Waals surface area contributed by atoms with Gasteiger partial charge in [-0.2, -0.15) is 0 Å². The molecule has 0 bridgehead atoms. The number of aromatic nitrogens is 1. The van der Waals surface area contributed by atoms with E-state index in [9.17, 15) is 14.7 Å². The van der Waals surface area contributed by atoms with E-state index in [0.29, 0.717) is 18.0 Å². The smallest absolute Gasteiger partial charge is 0.408 e. The maximum Gasteiger partial charge on any atom is 0.408 e. The predicted octanol–water partition coefficient (Wildman–Crippen LogP) is 5.33. The summed E-state index contributed by atoms with van der Waals surface area (Å²) in [6.07, 6.45) is 4.55. The highest BCUT2D eigenvalue weighted by molar-refractivity contribution is 5.84. The Balaban J connectivity index is 2.09. The van der Waals surface area contributed by atoms with E-state index in [4.69, 9.17) is 9.47 Å². The zero-order chi connectivity index (χ0) is 26.2. The van der Waals surface area contributed by atoms with Gasteiger partial charge in [0.15, 0.2) is 5.60 Å². The number of hydrogen-bond acceptors (Lipinski definition) is 5. The van der Waals surface area contributed by atoms with Gasteiger partial charge in [0.05, 0.1) is 6.04 Å². The Morgan fingerprint density at radius 1 is 1.31 bits per heavy atom. The van der Waals surface area contributed by atoms with Crippen molar-refractivity contribution in [3.63, 3.8) is 0 Å². The third-order valence-corrected chi connectivity index (χ3v) is 6.50. The van der Waals surface area contributed by atoms with Crippen LogP contribution in [-0.2, 0) is 20.7 Å². The van der Waals surface area contributed by atoms with Gasteiger partial charge >= 0.3 is 12.1 Å². The molecule has 2 heterocycles. The van der Waals surface area contributed by atoms with Crippen LogP contribution in [-0.4, -0.2) is 50.0 Å². The number of pyridine rings is 1. The third kappa shape index (κ3) is 6.35. The summed E-state index contributed by atoms with van der Waals surface area (Å²) in [5.41, 5.74) is 0.133. The highest BCUT2D eigenvalue weighted by Gasteiger charge is 2.62. The molecule has 1 saturated carbocycles. The predicted molar refractivity (Wildman–Crippen MR) is 134 cm³/mol. The van der Waals surface area contributed by atoms with E-state index in [1.165, 1.54) is 17.7 Å². The summed E-state index contributed by atoms with van der Waals surface area (Å²) in [5, 5.41) is 10.3. The molecule has 3 rings (SSSR count). The van der Waals surface area contributed by atoms with Crippen LogP contribution in [0, 0.1) is 30.6 Å². The summed E-state index contributed by atoms with van der Waals surface area (Å²) in [4.78, 5) is 32.1. The lowest BCUT2D eigenvalue weighted by Gasteiger charge is -2.46. The van der Waals surface area contributed by atoms with Gasteiger partial charge in [0.2, 0.25) is 5.79 Å². The molecule has 0 aromatic carbocycles. The van der Waals surface area contributed by atoms with Gasteiger partial charge in [-0.1, -0.05) is 25.7 Å². The van der Waals surface area contributed by atoms with Gasteiger partial charge in [0.25, 0.3) is 0 Å². The second kappa shape index (κ2) is 9.81. The molecule has 2 fully saturated rings. The molecule has 0 spiro atoms. The third-order valence-electron chi connectivity index (χ3n) is 6.50. The van der Waals surface area contributed by atoms with E-state index in [1.54, 1.807) is 20.0 Å². The number of carboxylic acid groups (broad SMARTS) is 1. The minimum absolute atomic E-state index is 0.0874. The second-order valence-electron chi connectivity index (χ2n) is 11.9. The summed E-state index contributed by atoms with van der Waals surface area (Å²) in [5.74, 6) is 5.61. The van der Waals surface area contributed by atoms with Gasteiger partial charge in [-0.05, 0) is 70.4 Å². The lowest BCUT2D eigenvalue weighted by atomic mass is 9.81. The second-order valence-corrected chi connectivity index (χ2v) is 11.9. The van der Waals surface area contributed by atoms with Crippen LogP contribution in [0.5, 0.6) is 0 Å². The number of amides is 1. The van der Waals surface area contributed by atoms with E-state index in [1.807, 2.05) is 47.6 Å². The van der Waals surface area contributed by atoms with Gasteiger partial charge in [0, 0.05) is 49.7 Å². The lowest BCUT2D eigenvalue weighted by Crippen LogP contribution is -2.64. The number of hydrogen-bond donors (Lipinski definition) is 1. The van der Waals surface area contributed by atoms with Gasteiger partial charge in [-0.15, -0.1) is 0 Å². The average Bonchev–Trinajstić information content (AvgIpc) is 3.47. The number of carbonyl (C=O) groups excluding carboxylic acids is 1. The van der Waals surface area contributed by atoms with Crippen LogP contribution in [0.1, 0.15) is 91.0 Å². The van der Waals surface area contributed by atoms with E-state index < -0.39 is 35.0 Å². The first-order valence-corrected chi connectivity index (χ1v) is 12.5. The number of rotatable bonds is 7. The molecule has 0 radical (unpaired) electrons. The summed E-state index contributed by atoms with van der Waals surface area (Å²) in [6.45, 7) is 14.8. The number of cyclic esters (lactones) is 1. The fraction of sp³-hybridized carbons (Fsp3) is 0.679. The molecule has 0 unspecified atom stereocenters. The minimum atomic E-state index is -1.54. The van der Waals surface area contributed by atoms with E-state index in [0.717, 1.165) is 17.5 Å². The highest BCUT2D eigenvalue weighted by atomic mass is 16.8. The number of nitrogens with zero attached hydrogens (tertiary/aromatic N) is 2. The molecule has 2 atom stereocenters. The Kier molecular flexibility index (Phi) is 7.57. The van der Waals surface area contributed by atoms with Crippen LogP contribution in [0.4, 0.5) is 4.79 Å². The molecular weight excluding hydrogens is 444 g/mol. The van der Waals surface area contributed by atoms with E-state index in [2.05, 4.69) is 16.8 Å². The van der Waals surface area contributed by atoms with Crippen molar-refractivity contribution < 1.29 is 24.2 Å². The molecule has 1 saturated heterocycles. The molecule has 2 aliphatic rings. The molecular formula is C28H40N2O5. The van der Waals surface area contributed by atoms with E-state index >= 15 is 0 Å². The Morgan fingerprint density at radius 3 is 2.46 bits per heavy atom. The van der Waals surface area contributed by atoms with Gasteiger partial charge in [0.1, 0.15) is 0 Å². The monoisotopic (exact) mass is 484 g/mol. The fourth-order valence-electron chi connectivity index (χ4n) is 4.76. The van der Waals surface area contributed by atoms with Crippen molar-refractivity contribution in [1.29, 1.82) is 0 Å². The quantitative estimate of drug-likeness (QED) is 0.416. The zero-order valence-electron chi connectivity index (χ0n) is 22.4. The van der Waals surface area contributed by atoms with Crippen LogP contribution in [0.3, 0.4) is 0 Å². The Labute approximate surface area is 209 Å². The number of aryl methyl sites for hydroxylation is 1. The Hall–Kier alpha value is -2.59. The van der Waals surface area contributed by atoms with Gasteiger partial charge in [-0.25, -0.2) is 9.59 Å². The van der Waals surface area contributed by atoms with Gasteiger partial charge < -0.3 is 14.6 Å². The zero-order valence-corrected chi connectivity index (χ0v) is 22.4. The molecule has 1 aromatic rings. The molecule has 1 amide bonds. The van der Waals surface area contributed by atoms with Crippen molar-refractivity contribution >= 4 is 12.1 Å². The lowest BCUT2D eigenvalue weighted by molar-refractivity contribution is -0.180. The first-order valence-electron chi connectivity index (χ1n) is 12.5. The molecule has 1 aromatic heterocycles. The SMILES string of the molecule is Cc1cnc(C[C@]2([C@H](CC(C)C)N(C(=O)O)C(C)(C)C)OC(C)(C)OC2=O)cc1C#CCC1CC1. The van der Waals surface area contributed by atoms with Crippen molar-refractivity contribution in [2.24, 2.45) is 11.8 Å². The topological polar surface area (TPSA) is 89.0 Å². The molecule has 1 aliphatic carbocycles. The van der Waals surface area contributed by atoms with Crippen molar-refractivity contribution in [2.45, 2.75) is 110 Å². The maximum atomic E-state index is 13.6. The van der Waals surface area contributed by atoms with Crippen molar-refractivity contribution in [3.05, 3.63) is 29.1 Å². The molecule has 1 N–H and O–H groups in total. The molecule has 7 heteroatoms. The Morgan fingerprint density at radius 2 is 1.97 bits per heavy atom. The van der Waals surface area contributed by atoms with Crippen LogP contribution in [0.25, 0.3) is 0 Å². The fourth-order valence-corrected chi connectivity index (χ4v) is 4.76. The van der Waals surface area contributed by atoms with E-state index in [-0.39, 0.29) is 12.3 Å². The van der Waals surface area contributed by atoms with Crippen molar-refractivity contribution in [1.82, 2.24) is 9.88 Å². The number of ether oxygens (including phenoxy) is 2. The maximum absolute atomic E-state index is 13.6. The molecule has 192 valence electrons. The van der Waals surface area contributed by atoms with Crippen LogP contribution in [0.15, 0.2) is 12.3 Å². The Bertz CT molecular complexity index is 1030. The first-order chi connectivity index (χ1) is 16.1. The normalized spacial score (nSPS) is 22.4. The summed E-state index contributed by atoms with van der Waals surface area (Å²) >= 11 is 0. The average molecular weight is 485 g/mol. The summed E-state index contributed by atoms with van der Waals surface area (Å²) in [7, 11) is 0. The number of carbonyl (C=O) groups is 2. The minimum Gasteiger partial charge on any atom is -0.465 e. The first kappa shape index (κ1) is 27.0. The molecule has 7 nitrogen and oxygen atoms in total. The summed E-state index contributed by atoms with van der Waals surface area (Å²) < 4.78 is 12.0. The number of esters is 1. The standard InChI is InChI=1S/C28H40N2O5/c1-18(2)14-23(30(25(32)33)26(4,5)6)28(24(31)34-27(7,8)35-28)16-22-15-21(19(3)17-29-22)11-9-10-20-12-13-20/h15,17-18,20,23H,10,12-14,16H2,1-8H3,(H,32,33)/t23-,28+/m0/s1. The van der Waals surface area contributed by atoms with Crippen LogP contribution >= 0.6 is 0 Å². The van der Waals surface area contributed by atoms with Crippen molar-refractivity contribution in [2.75, 3.05) is 0 Å². The van der Waals surface area contributed by atoms with Crippen LogP contribution in [0.2, 0.25) is 0 Å². The van der Waals surface area contributed by atoms with Crippen molar-refractivity contribution in [3.8, 4) is 11.8 Å². The largest absolute Gasteiger partial charge is 0.465 e. The van der Waals surface area contributed by atoms with Gasteiger partial charge in [-0.3, -0.25) is 9.88 Å². The molecule has 35 heavy (non-hydrogen) atoms. The summed E-state index contributed by atoms with van der Waals surface area (Å²) in [6, 6.07) is 1.12. The van der Waals surface area contributed by atoms with Crippen LogP contribution < -0.4 is 0 Å². The molecule has 1 aliphatic heterocycles. The highest BCUT2D eigenvalue weighted by Crippen LogP contribution is 2.43.